The maximum atomic E-state index is 12.5. The van der Waals surface area contributed by atoms with E-state index in [1.54, 1.807) is 0 Å². The summed E-state index contributed by atoms with van der Waals surface area (Å²) in [7, 11) is 0. The van der Waals surface area contributed by atoms with Gasteiger partial charge in [-0.2, -0.15) is 0 Å². The second kappa shape index (κ2) is 7.62. The third kappa shape index (κ3) is 4.12. The van der Waals surface area contributed by atoms with Crippen molar-refractivity contribution < 1.29 is 9.59 Å². The molecule has 2 fully saturated rings. The fraction of sp³-hybridized carbons (Fsp3) is 0.579. The summed E-state index contributed by atoms with van der Waals surface area (Å²) in [6.07, 6.45) is 5.48. The van der Waals surface area contributed by atoms with Gasteiger partial charge in [0.05, 0.1) is 0 Å². The van der Waals surface area contributed by atoms with Gasteiger partial charge in [-0.3, -0.25) is 4.79 Å². The normalized spacial score (nSPS) is 21.5. The molecule has 0 radical (unpaired) electrons. The van der Waals surface area contributed by atoms with Crippen LogP contribution in [-0.4, -0.2) is 47.8 Å². The van der Waals surface area contributed by atoms with Gasteiger partial charge in [-0.15, -0.1) is 0 Å². The summed E-state index contributed by atoms with van der Waals surface area (Å²) < 4.78 is 0. The first-order valence-electron chi connectivity index (χ1n) is 8.84. The van der Waals surface area contributed by atoms with Gasteiger partial charge in [-0.25, -0.2) is 4.79 Å². The molecule has 3 rings (SSSR count). The number of aryl methyl sites for hydroxylation is 1. The molecule has 23 heavy (non-hydrogen) atoms. The van der Waals surface area contributed by atoms with Crippen molar-refractivity contribution >= 4 is 11.8 Å². The molecule has 1 aromatic carbocycles. The minimum Gasteiger partial charge on any atom is -0.325 e. The molecule has 124 valence electrons. The number of hydrogen-bond acceptors (Lipinski definition) is 2. The Morgan fingerprint density at radius 2 is 1.65 bits per heavy atom. The molecule has 0 saturated carbocycles. The van der Waals surface area contributed by atoms with Crippen LogP contribution >= 0.6 is 0 Å². The van der Waals surface area contributed by atoms with Gasteiger partial charge in [0, 0.05) is 38.5 Å². The van der Waals surface area contributed by atoms with Crippen LogP contribution in [0.5, 0.6) is 0 Å². The van der Waals surface area contributed by atoms with Gasteiger partial charge in [0.2, 0.25) is 0 Å². The highest BCUT2D eigenvalue weighted by molar-refractivity contribution is 5.83. The quantitative estimate of drug-likeness (QED) is 0.857. The maximum absolute atomic E-state index is 12.5. The van der Waals surface area contributed by atoms with Crippen LogP contribution in [-0.2, 0) is 11.2 Å². The van der Waals surface area contributed by atoms with E-state index in [0.717, 1.165) is 51.7 Å². The molecule has 4 heteroatoms. The van der Waals surface area contributed by atoms with Crippen LogP contribution in [0.3, 0.4) is 0 Å². The van der Waals surface area contributed by atoms with Crippen molar-refractivity contribution in [1.29, 1.82) is 0 Å². The average molecular weight is 314 g/mol. The lowest BCUT2D eigenvalue weighted by Crippen LogP contribution is -2.48. The van der Waals surface area contributed by atoms with E-state index in [9.17, 15) is 9.59 Å². The monoisotopic (exact) mass is 314 g/mol. The highest BCUT2D eigenvalue weighted by atomic mass is 16.2. The van der Waals surface area contributed by atoms with Crippen molar-refractivity contribution in [3.63, 3.8) is 0 Å². The van der Waals surface area contributed by atoms with E-state index < -0.39 is 0 Å². The number of carbonyl (C=O) groups excluding carboxylic acids is 2. The third-order valence-corrected chi connectivity index (χ3v) is 5.03. The summed E-state index contributed by atoms with van der Waals surface area (Å²) >= 11 is 0. The highest BCUT2D eigenvalue weighted by Gasteiger charge is 2.31. The Labute approximate surface area is 138 Å². The van der Waals surface area contributed by atoms with Crippen molar-refractivity contribution in [1.82, 2.24) is 9.80 Å². The van der Waals surface area contributed by atoms with Crippen LogP contribution in [0.15, 0.2) is 30.3 Å². The topological polar surface area (TPSA) is 40.6 Å². The zero-order chi connectivity index (χ0) is 16.1. The molecule has 2 heterocycles. The Bertz CT molecular complexity index is 538. The van der Waals surface area contributed by atoms with Crippen molar-refractivity contribution in [3.8, 4) is 0 Å². The first-order valence-corrected chi connectivity index (χ1v) is 8.84. The van der Waals surface area contributed by atoms with Gasteiger partial charge < -0.3 is 9.80 Å². The number of benzene rings is 1. The largest absolute Gasteiger partial charge is 0.325 e. The number of likely N-dealkylation sites (tertiary alicyclic amines) is 2. The third-order valence-electron chi connectivity index (χ3n) is 5.03. The minimum absolute atomic E-state index is 0.0269. The molecule has 0 aliphatic carbocycles. The van der Waals surface area contributed by atoms with E-state index in [1.807, 2.05) is 28.0 Å². The fourth-order valence-corrected chi connectivity index (χ4v) is 3.64. The van der Waals surface area contributed by atoms with Crippen molar-refractivity contribution in [3.05, 3.63) is 35.9 Å². The predicted molar refractivity (Wildman–Crippen MR) is 90.3 cm³/mol. The van der Waals surface area contributed by atoms with Crippen molar-refractivity contribution in [2.75, 3.05) is 26.2 Å². The van der Waals surface area contributed by atoms with Gasteiger partial charge in [-0.05, 0) is 37.7 Å². The van der Waals surface area contributed by atoms with Crippen LogP contribution in [0.2, 0.25) is 0 Å². The van der Waals surface area contributed by atoms with E-state index in [0.29, 0.717) is 18.7 Å². The lowest BCUT2D eigenvalue weighted by Gasteiger charge is -2.34. The zero-order valence-corrected chi connectivity index (χ0v) is 13.7. The summed E-state index contributed by atoms with van der Waals surface area (Å²) in [5, 5.41) is 0. The number of amides is 2. The van der Waals surface area contributed by atoms with Crippen LogP contribution in [0.25, 0.3) is 0 Å². The van der Waals surface area contributed by atoms with Gasteiger partial charge in [0.1, 0.15) is 5.78 Å². The number of carbonyl (C=O) groups is 2. The fourth-order valence-electron chi connectivity index (χ4n) is 3.64. The molecule has 2 aliphatic rings. The van der Waals surface area contributed by atoms with Crippen LogP contribution < -0.4 is 0 Å². The summed E-state index contributed by atoms with van der Waals surface area (Å²) in [5.74, 6) is 0.340. The van der Waals surface area contributed by atoms with Gasteiger partial charge in [-0.1, -0.05) is 30.3 Å². The van der Waals surface area contributed by atoms with Gasteiger partial charge in [0.25, 0.3) is 0 Å². The molecule has 2 saturated heterocycles. The Morgan fingerprint density at radius 1 is 0.957 bits per heavy atom. The Hall–Kier alpha value is -1.84. The first kappa shape index (κ1) is 16.0. The minimum atomic E-state index is 0.0269. The van der Waals surface area contributed by atoms with E-state index in [1.165, 1.54) is 5.56 Å². The summed E-state index contributed by atoms with van der Waals surface area (Å²) in [4.78, 5) is 28.8. The van der Waals surface area contributed by atoms with E-state index >= 15 is 0 Å². The van der Waals surface area contributed by atoms with E-state index in [2.05, 4.69) is 12.1 Å². The van der Waals surface area contributed by atoms with Crippen molar-refractivity contribution in [2.45, 2.75) is 38.5 Å². The highest BCUT2D eigenvalue weighted by Crippen LogP contribution is 2.22. The first-order chi connectivity index (χ1) is 11.2. The summed E-state index contributed by atoms with van der Waals surface area (Å²) in [6.45, 7) is 3.17. The Balaban J connectivity index is 1.51. The maximum Gasteiger partial charge on any atom is 0.320 e. The molecule has 4 nitrogen and oxygen atoms in total. The lowest BCUT2D eigenvalue weighted by atomic mass is 9.90. The number of hydrogen-bond donors (Lipinski definition) is 0. The molecule has 2 aliphatic heterocycles. The number of nitrogens with zero attached hydrogens (tertiary/aromatic N) is 2. The van der Waals surface area contributed by atoms with Crippen LogP contribution in [0, 0.1) is 5.92 Å². The molecular weight excluding hydrogens is 288 g/mol. The molecule has 0 unspecified atom stereocenters. The molecule has 0 N–H and O–H groups in total. The molecule has 1 atom stereocenters. The van der Waals surface area contributed by atoms with E-state index in [-0.39, 0.29) is 11.9 Å². The summed E-state index contributed by atoms with van der Waals surface area (Å²) in [6, 6.07) is 10.3. The molecule has 1 aromatic rings. The smallest absolute Gasteiger partial charge is 0.320 e. The molecule has 2 amide bonds. The Morgan fingerprint density at radius 3 is 2.39 bits per heavy atom. The number of piperidine rings is 1. The van der Waals surface area contributed by atoms with Crippen LogP contribution in [0.4, 0.5) is 4.79 Å². The predicted octanol–water partition coefficient (Wildman–Crippen LogP) is 3.12. The van der Waals surface area contributed by atoms with Crippen molar-refractivity contribution in [2.24, 2.45) is 5.92 Å². The Kier molecular flexibility index (Phi) is 5.31. The standard InChI is InChI=1S/C19H26N2O2/c22-18(11-10-16-7-2-1-3-8-16)17-9-6-14-21(15-17)19(23)20-12-4-5-13-20/h1-3,7-8,17H,4-6,9-15H2/t17-/m0/s1. The molecule has 0 aromatic heterocycles. The van der Waals surface area contributed by atoms with E-state index in [4.69, 9.17) is 0 Å². The number of Topliss-reactive ketones (excluding diaryl/α,β-unsaturated/α-hetero) is 1. The number of urea groups is 1. The molecule has 0 bridgehead atoms. The average Bonchev–Trinajstić information content (AvgIpc) is 3.14. The molecular formula is C19H26N2O2. The number of rotatable bonds is 4. The number of ketones is 1. The second-order valence-corrected chi connectivity index (χ2v) is 6.71. The summed E-state index contributed by atoms with van der Waals surface area (Å²) in [5.41, 5.74) is 1.21. The SMILES string of the molecule is O=C(CCc1ccccc1)[C@H]1CCCN(C(=O)N2CCCC2)C1. The van der Waals surface area contributed by atoms with Crippen LogP contribution in [0.1, 0.15) is 37.7 Å². The lowest BCUT2D eigenvalue weighted by molar-refractivity contribution is -0.124. The van der Waals surface area contributed by atoms with Gasteiger partial charge >= 0.3 is 6.03 Å². The second-order valence-electron chi connectivity index (χ2n) is 6.71. The molecule has 0 spiro atoms. The zero-order valence-electron chi connectivity index (χ0n) is 13.7. The van der Waals surface area contributed by atoms with Gasteiger partial charge in [0.15, 0.2) is 0 Å².